The predicted octanol–water partition coefficient (Wildman–Crippen LogP) is 4.73. The number of furan rings is 2. The standard InChI is InChI=1S/C23H18O8/c1-11-20(22(25)27-4)16-10-15(6-8-18(16)28-11)31-23(26)21-12(2)29-19-7-5-14(9-17(19)21)30-13(3)24/h5-10H,1-4H3. The third-order valence-corrected chi connectivity index (χ3v) is 4.74. The Labute approximate surface area is 176 Å². The minimum atomic E-state index is -0.657. The van der Waals surface area contributed by atoms with E-state index in [4.69, 9.17) is 23.0 Å². The van der Waals surface area contributed by atoms with Crippen LogP contribution in [0.4, 0.5) is 0 Å². The van der Waals surface area contributed by atoms with Crippen molar-refractivity contribution in [2.45, 2.75) is 20.8 Å². The molecule has 8 nitrogen and oxygen atoms in total. The molecule has 0 fully saturated rings. The molecule has 0 N–H and O–H groups in total. The molecule has 0 amide bonds. The summed E-state index contributed by atoms with van der Waals surface area (Å²) < 4.78 is 26.7. The first kappa shape index (κ1) is 20.2. The van der Waals surface area contributed by atoms with Gasteiger partial charge in [-0.2, -0.15) is 0 Å². The molecule has 0 unspecified atom stereocenters. The van der Waals surface area contributed by atoms with E-state index in [0.717, 1.165) is 0 Å². The molecule has 0 saturated carbocycles. The lowest BCUT2D eigenvalue weighted by molar-refractivity contribution is -0.131. The Balaban J connectivity index is 1.72. The molecule has 0 spiro atoms. The molecule has 0 aliphatic carbocycles. The van der Waals surface area contributed by atoms with Crippen LogP contribution < -0.4 is 9.47 Å². The van der Waals surface area contributed by atoms with Gasteiger partial charge in [-0.25, -0.2) is 9.59 Å². The number of aryl methyl sites for hydroxylation is 2. The van der Waals surface area contributed by atoms with Gasteiger partial charge in [0.15, 0.2) is 0 Å². The molecule has 2 aromatic heterocycles. The monoisotopic (exact) mass is 422 g/mol. The summed E-state index contributed by atoms with van der Waals surface area (Å²) in [6, 6.07) is 9.44. The van der Waals surface area contributed by atoms with Crippen molar-refractivity contribution in [2.75, 3.05) is 7.11 Å². The summed E-state index contributed by atoms with van der Waals surface area (Å²) in [6.07, 6.45) is 0. The van der Waals surface area contributed by atoms with Crippen molar-refractivity contribution in [3.8, 4) is 11.5 Å². The smallest absolute Gasteiger partial charge is 0.347 e. The second-order valence-electron chi connectivity index (χ2n) is 6.86. The average Bonchev–Trinajstić information content (AvgIpc) is 3.21. The number of esters is 3. The van der Waals surface area contributed by atoms with E-state index in [1.54, 1.807) is 44.2 Å². The average molecular weight is 422 g/mol. The van der Waals surface area contributed by atoms with E-state index >= 15 is 0 Å². The molecule has 0 atom stereocenters. The third kappa shape index (κ3) is 3.63. The summed E-state index contributed by atoms with van der Waals surface area (Å²) in [4.78, 5) is 36.3. The van der Waals surface area contributed by atoms with Crippen molar-refractivity contribution in [1.82, 2.24) is 0 Å². The maximum atomic E-state index is 13.0. The van der Waals surface area contributed by atoms with Gasteiger partial charge in [-0.3, -0.25) is 4.79 Å². The number of carbonyl (C=O) groups excluding carboxylic acids is 3. The maximum absolute atomic E-state index is 13.0. The lowest BCUT2D eigenvalue weighted by Crippen LogP contribution is -2.09. The molecule has 0 aliphatic rings. The highest BCUT2D eigenvalue weighted by Crippen LogP contribution is 2.32. The summed E-state index contributed by atoms with van der Waals surface area (Å²) >= 11 is 0. The molecule has 2 heterocycles. The van der Waals surface area contributed by atoms with E-state index in [2.05, 4.69) is 0 Å². The zero-order chi connectivity index (χ0) is 22.3. The van der Waals surface area contributed by atoms with Crippen LogP contribution in [-0.4, -0.2) is 25.0 Å². The van der Waals surface area contributed by atoms with Gasteiger partial charge in [-0.1, -0.05) is 0 Å². The molecule has 0 saturated heterocycles. The fourth-order valence-corrected chi connectivity index (χ4v) is 3.46. The highest BCUT2D eigenvalue weighted by Gasteiger charge is 2.23. The first-order valence-corrected chi connectivity index (χ1v) is 9.33. The van der Waals surface area contributed by atoms with Gasteiger partial charge in [-0.15, -0.1) is 0 Å². The fraction of sp³-hybridized carbons (Fsp3) is 0.174. The number of fused-ring (bicyclic) bond motifs is 2. The molecule has 31 heavy (non-hydrogen) atoms. The second-order valence-corrected chi connectivity index (χ2v) is 6.86. The first-order valence-electron chi connectivity index (χ1n) is 9.33. The number of carbonyl (C=O) groups is 3. The molecule has 0 radical (unpaired) electrons. The third-order valence-electron chi connectivity index (χ3n) is 4.74. The van der Waals surface area contributed by atoms with Crippen LogP contribution in [0.5, 0.6) is 11.5 Å². The number of methoxy groups -OCH3 is 1. The fourth-order valence-electron chi connectivity index (χ4n) is 3.46. The highest BCUT2D eigenvalue weighted by molar-refractivity contribution is 6.07. The molecule has 0 bridgehead atoms. The van der Waals surface area contributed by atoms with Gasteiger partial charge >= 0.3 is 17.9 Å². The zero-order valence-electron chi connectivity index (χ0n) is 17.2. The normalized spacial score (nSPS) is 11.0. The van der Waals surface area contributed by atoms with E-state index in [1.807, 2.05) is 0 Å². The van der Waals surface area contributed by atoms with Crippen molar-refractivity contribution < 1.29 is 37.4 Å². The van der Waals surface area contributed by atoms with Crippen LogP contribution in [0.3, 0.4) is 0 Å². The van der Waals surface area contributed by atoms with Crippen molar-refractivity contribution in [3.63, 3.8) is 0 Å². The lowest BCUT2D eigenvalue weighted by Gasteiger charge is -2.05. The van der Waals surface area contributed by atoms with Crippen LogP contribution in [0, 0.1) is 13.8 Å². The zero-order valence-corrected chi connectivity index (χ0v) is 17.2. The summed E-state index contributed by atoms with van der Waals surface area (Å²) in [6.45, 7) is 4.58. The Morgan fingerprint density at radius 2 is 1.23 bits per heavy atom. The van der Waals surface area contributed by atoms with Gasteiger partial charge in [0.05, 0.1) is 7.11 Å². The summed E-state index contributed by atoms with van der Waals surface area (Å²) in [5.41, 5.74) is 1.40. The van der Waals surface area contributed by atoms with Gasteiger partial charge in [0.1, 0.15) is 45.3 Å². The highest BCUT2D eigenvalue weighted by atomic mass is 16.5. The molecule has 4 aromatic rings. The minimum absolute atomic E-state index is 0.209. The van der Waals surface area contributed by atoms with E-state index in [0.29, 0.717) is 33.5 Å². The number of hydrogen-bond donors (Lipinski definition) is 0. The summed E-state index contributed by atoms with van der Waals surface area (Å²) in [5, 5.41) is 0.928. The van der Waals surface area contributed by atoms with Gasteiger partial charge in [0, 0.05) is 17.7 Å². The molecule has 0 aliphatic heterocycles. The van der Waals surface area contributed by atoms with Crippen LogP contribution in [0.25, 0.3) is 21.9 Å². The van der Waals surface area contributed by atoms with Gasteiger partial charge in [0.25, 0.3) is 0 Å². The van der Waals surface area contributed by atoms with Crippen LogP contribution in [0.1, 0.15) is 39.2 Å². The van der Waals surface area contributed by atoms with Crippen LogP contribution in [-0.2, 0) is 9.53 Å². The van der Waals surface area contributed by atoms with E-state index < -0.39 is 17.9 Å². The van der Waals surface area contributed by atoms with Crippen molar-refractivity contribution >= 4 is 39.8 Å². The number of ether oxygens (including phenoxy) is 3. The van der Waals surface area contributed by atoms with Gasteiger partial charge in [-0.05, 0) is 50.2 Å². The summed E-state index contributed by atoms with van der Waals surface area (Å²) in [7, 11) is 1.28. The van der Waals surface area contributed by atoms with E-state index in [9.17, 15) is 14.4 Å². The van der Waals surface area contributed by atoms with Crippen LogP contribution >= 0.6 is 0 Å². The van der Waals surface area contributed by atoms with Crippen molar-refractivity contribution in [1.29, 1.82) is 0 Å². The van der Waals surface area contributed by atoms with E-state index in [-0.39, 0.29) is 22.6 Å². The Morgan fingerprint density at radius 1 is 0.742 bits per heavy atom. The van der Waals surface area contributed by atoms with Crippen molar-refractivity contribution in [2.24, 2.45) is 0 Å². The minimum Gasteiger partial charge on any atom is -0.465 e. The number of hydrogen-bond acceptors (Lipinski definition) is 8. The Bertz CT molecular complexity index is 1360. The maximum Gasteiger partial charge on any atom is 0.347 e. The molecule has 4 rings (SSSR count). The molecule has 158 valence electrons. The molecule has 8 heteroatoms. The molecular formula is C23H18O8. The molecule has 2 aromatic carbocycles. The van der Waals surface area contributed by atoms with Crippen molar-refractivity contribution in [3.05, 3.63) is 59.0 Å². The quantitative estimate of drug-likeness (QED) is 0.343. The molecular weight excluding hydrogens is 404 g/mol. The topological polar surface area (TPSA) is 105 Å². The SMILES string of the molecule is COC(=O)c1c(C)oc2ccc(OC(=O)c3c(C)oc4ccc(OC(C)=O)cc34)cc12. The summed E-state index contributed by atoms with van der Waals surface area (Å²) in [5.74, 6) is -0.421. The van der Waals surface area contributed by atoms with Crippen LogP contribution in [0.2, 0.25) is 0 Å². The lowest BCUT2D eigenvalue weighted by atomic mass is 10.1. The first-order chi connectivity index (χ1) is 14.8. The number of benzene rings is 2. The van der Waals surface area contributed by atoms with Gasteiger partial charge in [0.2, 0.25) is 0 Å². The second kappa shape index (κ2) is 7.64. The van der Waals surface area contributed by atoms with E-state index in [1.165, 1.54) is 20.1 Å². The Hall–Kier alpha value is -4.07. The largest absolute Gasteiger partial charge is 0.465 e. The number of rotatable bonds is 4. The van der Waals surface area contributed by atoms with Crippen LogP contribution in [0.15, 0.2) is 45.2 Å². The Kier molecular flexibility index (Phi) is 4.98. The predicted molar refractivity (Wildman–Crippen MR) is 110 cm³/mol. The van der Waals surface area contributed by atoms with Gasteiger partial charge < -0.3 is 23.0 Å². The Morgan fingerprint density at radius 3 is 1.71 bits per heavy atom.